The highest BCUT2D eigenvalue weighted by atomic mass is 19.1. The molecule has 1 aromatic heterocycles. The summed E-state index contributed by atoms with van der Waals surface area (Å²) in [5.74, 6) is 0.878. The highest BCUT2D eigenvalue weighted by molar-refractivity contribution is 5.93. The number of benzene rings is 1. The van der Waals surface area contributed by atoms with Crippen molar-refractivity contribution in [2.75, 3.05) is 19.7 Å². The molecule has 1 aliphatic rings. The van der Waals surface area contributed by atoms with E-state index in [9.17, 15) is 9.18 Å². The Morgan fingerprint density at radius 1 is 1.25 bits per heavy atom. The fourth-order valence-electron chi connectivity index (χ4n) is 3.00. The summed E-state index contributed by atoms with van der Waals surface area (Å²) in [6, 6.07) is 9.79. The first-order valence-electron chi connectivity index (χ1n) is 8.30. The minimum Gasteiger partial charge on any atom is -0.493 e. The maximum Gasteiger partial charge on any atom is 0.255 e. The summed E-state index contributed by atoms with van der Waals surface area (Å²) in [7, 11) is 0. The van der Waals surface area contributed by atoms with E-state index >= 15 is 0 Å². The van der Waals surface area contributed by atoms with Gasteiger partial charge in [-0.25, -0.2) is 4.39 Å². The lowest BCUT2D eigenvalue weighted by molar-refractivity contribution is 0.0679. The normalized spacial score (nSPS) is 15.3. The first-order valence-corrected chi connectivity index (χ1v) is 8.30. The molecule has 1 aromatic carbocycles. The fourth-order valence-corrected chi connectivity index (χ4v) is 3.00. The molecule has 0 atom stereocenters. The van der Waals surface area contributed by atoms with Crippen molar-refractivity contribution in [3.8, 4) is 5.75 Å². The molecular formula is C19H21FN2O2. The van der Waals surface area contributed by atoms with E-state index in [2.05, 4.69) is 4.98 Å². The first-order chi connectivity index (χ1) is 11.7. The van der Waals surface area contributed by atoms with Gasteiger partial charge in [-0.15, -0.1) is 0 Å². The Morgan fingerprint density at radius 3 is 2.79 bits per heavy atom. The van der Waals surface area contributed by atoms with E-state index in [1.807, 2.05) is 4.90 Å². The summed E-state index contributed by atoms with van der Waals surface area (Å²) in [4.78, 5) is 18.3. The van der Waals surface area contributed by atoms with E-state index in [1.165, 1.54) is 12.1 Å². The largest absolute Gasteiger partial charge is 0.493 e. The third-order valence-corrected chi connectivity index (χ3v) is 4.40. The number of piperidine rings is 1. The van der Waals surface area contributed by atoms with Crippen molar-refractivity contribution >= 4 is 5.91 Å². The number of nitrogens with zero attached hydrogens (tertiary/aromatic N) is 2. The van der Waals surface area contributed by atoms with Gasteiger partial charge in [0.05, 0.1) is 12.2 Å². The van der Waals surface area contributed by atoms with Gasteiger partial charge in [-0.1, -0.05) is 6.07 Å². The molecule has 0 unspecified atom stereocenters. The van der Waals surface area contributed by atoms with Crippen molar-refractivity contribution in [2.24, 2.45) is 5.92 Å². The summed E-state index contributed by atoms with van der Waals surface area (Å²) in [5.41, 5.74) is 0.644. The van der Waals surface area contributed by atoms with Crippen molar-refractivity contribution in [1.82, 2.24) is 9.88 Å². The number of aromatic nitrogens is 1. The van der Waals surface area contributed by atoms with E-state index in [0.717, 1.165) is 32.4 Å². The van der Waals surface area contributed by atoms with E-state index in [0.29, 0.717) is 23.8 Å². The van der Waals surface area contributed by atoms with Gasteiger partial charge in [0.15, 0.2) is 0 Å². The van der Waals surface area contributed by atoms with Crippen LogP contribution in [-0.4, -0.2) is 35.5 Å². The minimum absolute atomic E-state index is 0.0533. The number of halogens is 1. The van der Waals surface area contributed by atoms with Gasteiger partial charge >= 0.3 is 0 Å². The Kier molecular flexibility index (Phi) is 5.41. The average molecular weight is 328 g/mol. The second kappa shape index (κ2) is 7.90. The maximum absolute atomic E-state index is 13.1. The Morgan fingerprint density at radius 2 is 2.08 bits per heavy atom. The van der Waals surface area contributed by atoms with Gasteiger partial charge in [0, 0.05) is 31.5 Å². The number of pyridine rings is 1. The fraction of sp³-hybridized carbons (Fsp3) is 0.368. The summed E-state index contributed by atoms with van der Waals surface area (Å²) in [6.07, 6.45) is 6.14. The van der Waals surface area contributed by atoms with Crippen LogP contribution in [0.5, 0.6) is 5.75 Å². The number of likely N-dealkylation sites (tertiary alicyclic amines) is 1. The number of rotatable bonds is 5. The predicted octanol–water partition coefficient (Wildman–Crippen LogP) is 3.54. The molecule has 0 radical (unpaired) electrons. The molecule has 5 heteroatoms. The van der Waals surface area contributed by atoms with Gasteiger partial charge in [-0.2, -0.15) is 0 Å². The third-order valence-electron chi connectivity index (χ3n) is 4.40. The molecule has 3 rings (SSSR count). The predicted molar refractivity (Wildman–Crippen MR) is 89.4 cm³/mol. The molecule has 1 fully saturated rings. The Bertz CT molecular complexity index is 670. The highest BCUT2D eigenvalue weighted by Crippen LogP contribution is 2.22. The summed E-state index contributed by atoms with van der Waals surface area (Å²) < 4.78 is 18.7. The molecule has 1 saturated heterocycles. The van der Waals surface area contributed by atoms with Crippen LogP contribution in [0.25, 0.3) is 0 Å². The lowest BCUT2D eigenvalue weighted by atomic mass is 9.93. The molecule has 0 bridgehead atoms. The average Bonchev–Trinajstić information content (AvgIpc) is 2.63. The van der Waals surface area contributed by atoms with Crippen LogP contribution < -0.4 is 4.74 Å². The molecular weight excluding hydrogens is 307 g/mol. The SMILES string of the molecule is O=C(c1cccnc1)N1CCC(CCOc2cccc(F)c2)CC1. The summed E-state index contributed by atoms with van der Waals surface area (Å²) in [5, 5.41) is 0. The van der Waals surface area contributed by atoms with Gasteiger partial charge in [-0.3, -0.25) is 9.78 Å². The minimum atomic E-state index is -0.283. The lowest BCUT2D eigenvalue weighted by Gasteiger charge is -2.32. The molecule has 2 heterocycles. The third kappa shape index (κ3) is 4.31. The quantitative estimate of drug-likeness (QED) is 0.843. The van der Waals surface area contributed by atoms with E-state index in [-0.39, 0.29) is 11.7 Å². The van der Waals surface area contributed by atoms with Crippen LogP contribution in [0.1, 0.15) is 29.6 Å². The zero-order chi connectivity index (χ0) is 16.8. The second-order valence-corrected chi connectivity index (χ2v) is 6.07. The molecule has 4 nitrogen and oxygen atoms in total. The second-order valence-electron chi connectivity index (χ2n) is 6.07. The molecule has 24 heavy (non-hydrogen) atoms. The molecule has 0 N–H and O–H groups in total. The molecule has 126 valence electrons. The topological polar surface area (TPSA) is 42.4 Å². The van der Waals surface area contributed by atoms with Gasteiger partial charge in [0.25, 0.3) is 5.91 Å². The number of carbonyl (C=O) groups is 1. The number of amides is 1. The van der Waals surface area contributed by atoms with E-state index in [4.69, 9.17) is 4.74 Å². The smallest absolute Gasteiger partial charge is 0.255 e. The maximum atomic E-state index is 13.1. The monoisotopic (exact) mass is 328 g/mol. The number of ether oxygens (including phenoxy) is 1. The van der Waals surface area contributed by atoms with Gasteiger partial charge < -0.3 is 9.64 Å². The van der Waals surface area contributed by atoms with Gasteiger partial charge in [-0.05, 0) is 49.4 Å². The Labute approximate surface area is 141 Å². The standard InChI is InChI=1S/C19H21FN2O2/c20-17-4-1-5-18(13-17)24-12-8-15-6-10-22(11-7-15)19(23)16-3-2-9-21-14-16/h1-5,9,13-15H,6-8,10-12H2. The summed E-state index contributed by atoms with van der Waals surface area (Å²) >= 11 is 0. The van der Waals surface area contributed by atoms with Crippen LogP contribution in [0.4, 0.5) is 4.39 Å². The van der Waals surface area contributed by atoms with Crippen molar-refractivity contribution in [3.63, 3.8) is 0 Å². The molecule has 1 amide bonds. The van der Waals surface area contributed by atoms with Crippen molar-refractivity contribution in [2.45, 2.75) is 19.3 Å². The molecule has 1 aliphatic heterocycles. The van der Waals surface area contributed by atoms with Crippen LogP contribution in [0.15, 0.2) is 48.8 Å². The van der Waals surface area contributed by atoms with E-state index in [1.54, 1.807) is 36.7 Å². The molecule has 0 spiro atoms. The highest BCUT2D eigenvalue weighted by Gasteiger charge is 2.23. The number of carbonyl (C=O) groups excluding carboxylic acids is 1. The lowest BCUT2D eigenvalue weighted by Crippen LogP contribution is -2.38. The van der Waals surface area contributed by atoms with E-state index < -0.39 is 0 Å². The zero-order valence-electron chi connectivity index (χ0n) is 13.5. The first kappa shape index (κ1) is 16.4. The van der Waals surface area contributed by atoms with Crippen LogP contribution >= 0.6 is 0 Å². The van der Waals surface area contributed by atoms with Crippen LogP contribution in [-0.2, 0) is 0 Å². The van der Waals surface area contributed by atoms with Crippen molar-refractivity contribution < 1.29 is 13.9 Å². The molecule has 0 saturated carbocycles. The van der Waals surface area contributed by atoms with Crippen LogP contribution in [0, 0.1) is 11.7 Å². The number of hydrogen-bond donors (Lipinski definition) is 0. The molecule has 2 aromatic rings. The van der Waals surface area contributed by atoms with Crippen LogP contribution in [0.2, 0.25) is 0 Å². The Hall–Kier alpha value is -2.43. The van der Waals surface area contributed by atoms with Gasteiger partial charge in [0.2, 0.25) is 0 Å². The Balaban J connectivity index is 1.41. The van der Waals surface area contributed by atoms with Gasteiger partial charge in [0.1, 0.15) is 11.6 Å². The zero-order valence-corrected chi connectivity index (χ0v) is 13.5. The molecule has 0 aliphatic carbocycles. The number of hydrogen-bond acceptors (Lipinski definition) is 3. The van der Waals surface area contributed by atoms with Crippen LogP contribution in [0.3, 0.4) is 0 Å². The van der Waals surface area contributed by atoms with Crippen molar-refractivity contribution in [1.29, 1.82) is 0 Å². The summed E-state index contributed by atoms with van der Waals surface area (Å²) in [6.45, 7) is 2.10. The van der Waals surface area contributed by atoms with Crippen molar-refractivity contribution in [3.05, 3.63) is 60.2 Å².